The summed E-state index contributed by atoms with van der Waals surface area (Å²) in [7, 11) is 0. The Balaban J connectivity index is 2.18. The maximum Gasteiger partial charge on any atom is 0.434 e. The molecule has 3 nitrogen and oxygen atoms in total. The van der Waals surface area contributed by atoms with Gasteiger partial charge in [-0.05, 0) is 19.9 Å². The van der Waals surface area contributed by atoms with Crippen LogP contribution in [0.15, 0.2) is 5.38 Å². The van der Waals surface area contributed by atoms with Gasteiger partial charge >= 0.3 is 6.18 Å². The normalized spacial score (nSPS) is 12.0. The van der Waals surface area contributed by atoms with Crippen LogP contribution in [-0.2, 0) is 19.1 Å². The van der Waals surface area contributed by atoms with E-state index in [2.05, 4.69) is 15.3 Å². The lowest BCUT2D eigenvalue weighted by atomic mass is 10.3. The first-order chi connectivity index (χ1) is 9.90. The number of thiazole rings is 2. The molecule has 0 aliphatic heterocycles. The quantitative estimate of drug-likeness (QED) is 0.810. The molecule has 0 bridgehead atoms. The van der Waals surface area contributed by atoms with Crippen molar-refractivity contribution >= 4 is 22.7 Å². The van der Waals surface area contributed by atoms with E-state index < -0.39 is 11.9 Å². The monoisotopic (exact) mass is 335 g/mol. The molecule has 0 spiro atoms. The number of halogens is 3. The third kappa shape index (κ3) is 4.49. The highest BCUT2D eigenvalue weighted by Gasteiger charge is 2.37. The maximum absolute atomic E-state index is 13.0. The topological polar surface area (TPSA) is 37.8 Å². The van der Waals surface area contributed by atoms with Crippen molar-refractivity contribution in [1.29, 1.82) is 0 Å². The van der Waals surface area contributed by atoms with Crippen LogP contribution < -0.4 is 5.32 Å². The van der Waals surface area contributed by atoms with E-state index in [0.717, 1.165) is 28.5 Å². The van der Waals surface area contributed by atoms with Gasteiger partial charge < -0.3 is 5.32 Å². The summed E-state index contributed by atoms with van der Waals surface area (Å²) >= 11 is 2.60. The molecule has 0 amide bonds. The van der Waals surface area contributed by atoms with Crippen molar-refractivity contribution in [2.75, 3.05) is 6.54 Å². The van der Waals surface area contributed by atoms with Gasteiger partial charge in [0.15, 0.2) is 5.69 Å². The number of aryl methyl sites for hydroxylation is 1. The second-order valence-electron chi connectivity index (χ2n) is 4.59. The van der Waals surface area contributed by atoms with Crippen LogP contribution in [0.1, 0.15) is 39.6 Å². The first kappa shape index (κ1) is 16.4. The molecule has 0 fully saturated rings. The summed E-state index contributed by atoms with van der Waals surface area (Å²) < 4.78 is 39.0. The van der Waals surface area contributed by atoms with Crippen LogP contribution in [0.5, 0.6) is 0 Å². The van der Waals surface area contributed by atoms with E-state index >= 15 is 0 Å². The summed E-state index contributed by atoms with van der Waals surface area (Å²) in [5, 5.41) is 6.23. The predicted octanol–water partition coefficient (Wildman–Crippen LogP) is 4.02. The molecule has 0 aliphatic carbocycles. The molecule has 0 saturated carbocycles. The molecule has 21 heavy (non-hydrogen) atoms. The standard InChI is InChI=1S/C13H16F3N3S2/c1-3-4-17-6-10-12(13(14,15)16)19-11(21-10)5-9-7-20-8(2)18-9/h7,17H,3-6H2,1-2H3. The van der Waals surface area contributed by atoms with Crippen molar-refractivity contribution in [2.24, 2.45) is 0 Å². The largest absolute Gasteiger partial charge is 0.434 e. The summed E-state index contributed by atoms with van der Waals surface area (Å²) in [6.45, 7) is 4.74. The number of nitrogens with one attached hydrogen (secondary N) is 1. The van der Waals surface area contributed by atoms with E-state index in [1.54, 1.807) is 0 Å². The van der Waals surface area contributed by atoms with Crippen molar-refractivity contribution < 1.29 is 13.2 Å². The minimum absolute atomic E-state index is 0.205. The number of alkyl halides is 3. The molecule has 1 N–H and O–H groups in total. The molecule has 2 heterocycles. The van der Waals surface area contributed by atoms with Crippen LogP contribution in [0.25, 0.3) is 0 Å². The summed E-state index contributed by atoms with van der Waals surface area (Å²) in [4.78, 5) is 8.30. The fourth-order valence-corrected chi connectivity index (χ4v) is 3.53. The molecule has 0 unspecified atom stereocenters. The van der Waals surface area contributed by atoms with Crippen molar-refractivity contribution in [1.82, 2.24) is 15.3 Å². The van der Waals surface area contributed by atoms with Gasteiger partial charge in [0.1, 0.15) is 0 Å². The minimum atomic E-state index is -4.41. The Morgan fingerprint density at radius 3 is 2.62 bits per heavy atom. The third-order valence-electron chi connectivity index (χ3n) is 2.72. The highest BCUT2D eigenvalue weighted by Crippen LogP contribution is 2.35. The number of nitrogens with zero attached hydrogens (tertiary/aromatic N) is 2. The average molecular weight is 335 g/mol. The van der Waals surface area contributed by atoms with Crippen LogP contribution >= 0.6 is 22.7 Å². The van der Waals surface area contributed by atoms with Gasteiger partial charge in [-0.3, -0.25) is 0 Å². The summed E-state index contributed by atoms with van der Waals surface area (Å²) in [5.41, 5.74) is 0.00564. The van der Waals surface area contributed by atoms with Gasteiger partial charge in [0.05, 0.1) is 20.6 Å². The van der Waals surface area contributed by atoms with E-state index in [1.165, 1.54) is 11.3 Å². The zero-order valence-electron chi connectivity index (χ0n) is 11.8. The van der Waals surface area contributed by atoms with E-state index in [1.807, 2.05) is 19.2 Å². The lowest BCUT2D eigenvalue weighted by molar-refractivity contribution is -0.141. The Morgan fingerprint density at radius 2 is 2.05 bits per heavy atom. The first-order valence-corrected chi connectivity index (χ1v) is 8.27. The Hall–Kier alpha value is -0.990. The van der Waals surface area contributed by atoms with Crippen molar-refractivity contribution in [3.8, 4) is 0 Å². The summed E-state index contributed by atoms with van der Waals surface area (Å²) in [6.07, 6.45) is -3.17. The Kier molecular flexibility index (Phi) is 5.34. The van der Waals surface area contributed by atoms with Crippen LogP contribution in [-0.4, -0.2) is 16.5 Å². The first-order valence-electron chi connectivity index (χ1n) is 6.57. The van der Waals surface area contributed by atoms with E-state index in [4.69, 9.17) is 0 Å². The molecular formula is C13H16F3N3S2. The molecule has 116 valence electrons. The highest BCUT2D eigenvalue weighted by molar-refractivity contribution is 7.11. The molecule has 0 atom stereocenters. The van der Waals surface area contributed by atoms with E-state index in [-0.39, 0.29) is 11.4 Å². The minimum Gasteiger partial charge on any atom is -0.312 e. The van der Waals surface area contributed by atoms with Crippen molar-refractivity contribution in [2.45, 2.75) is 39.4 Å². The van der Waals surface area contributed by atoms with Gasteiger partial charge in [0, 0.05) is 18.3 Å². The lowest BCUT2D eigenvalue weighted by Gasteiger charge is -2.06. The smallest absolute Gasteiger partial charge is 0.312 e. The molecular weight excluding hydrogens is 319 g/mol. The summed E-state index contributed by atoms with van der Waals surface area (Å²) in [6, 6.07) is 0. The fraction of sp³-hybridized carbons (Fsp3) is 0.538. The Bertz CT molecular complexity index is 590. The van der Waals surface area contributed by atoms with Crippen LogP contribution in [0.2, 0.25) is 0 Å². The third-order valence-corrected chi connectivity index (χ3v) is 4.60. The zero-order chi connectivity index (χ0) is 15.5. The second-order valence-corrected chi connectivity index (χ2v) is 6.82. The van der Waals surface area contributed by atoms with E-state index in [9.17, 15) is 13.2 Å². The van der Waals surface area contributed by atoms with Crippen LogP contribution in [0.4, 0.5) is 13.2 Å². The van der Waals surface area contributed by atoms with Gasteiger partial charge in [0.2, 0.25) is 0 Å². The Morgan fingerprint density at radius 1 is 1.29 bits per heavy atom. The highest BCUT2D eigenvalue weighted by atomic mass is 32.1. The molecule has 0 saturated heterocycles. The van der Waals surface area contributed by atoms with Crippen molar-refractivity contribution in [3.63, 3.8) is 0 Å². The molecule has 0 aliphatic rings. The number of aromatic nitrogens is 2. The molecule has 0 aromatic carbocycles. The number of hydrogen-bond acceptors (Lipinski definition) is 5. The molecule has 2 rings (SSSR count). The van der Waals surface area contributed by atoms with E-state index in [0.29, 0.717) is 18.0 Å². The number of hydrogen-bond donors (Lipinski definition) is 1. The molecule has 2 aromatic rings. The van der Waals surface area contributed by atoms with Gasteiger partial charge in [-0.15, -0.1) is 22.7 Å². The molecule has 0 radical (unpaired) electrons. The lowest BCUT2D eigenvalue weighted by Crippen LogP contribution is -2.17. The van der Waals surface area contributed by atoms with Gasteiger partial charge in [-0.2, -0.15) is 13.2 Å². The SMILES string of the molecule is CCCNCc1sc(Cc2csc(C)n2)nc1C(F)(F)F. The molecule has 8 heteroatoms. The maximum atomic E-state index is 13.0. The summed E-state index contributed by atoms with van der Waals surface area (Å²) in [5.74, 6) is 0. The number of rotatable bonds is 6. The van der Waals surface area contributed by atoms with Crippen molar-refractivity contribution in [3.05, 3.63) is 31.7 Å². The van der Waals surface area contributed by atoms with Crippen LogP contribution in [0.3, 0.4) is 0 Å². The predicted molar refractivity (Wildman–Crippen MR) is 78.8 cm³/mol. The fourth-order valence-electron chi connectivity index (χ4n) is 1.84. The van der Waals surface area contributed by atoms with Crippen LogP contribution in [0, 0.1) is 6.92 Å². The Labute approximate surface area is 129 Å². The molecule has 2 aromatic heterocycles. The average Bonchev–Trinajstić information content (AvgIpc) is 2.96. The second kappa shape index (κ2) is 6.85. The van der Waals surface area contributed by atoms with Gasteiger partial charge in [-0.1, -0.05) is 6.92 Å². The van der Waals surface area contributed by atoms with Gasteiger partial charge in [-0.25, -0.2) is 9.97 Å². The van der Waals surface area contributed by atoms with Gasteiger partial charge in [0.25, 0.3) is 0 Å². The zero-order valence-corrected chi connectivity index (χ0v) is 13.4.